The van der Waals surface area contributed by atoms with Crippen LogP contribution < -0.4 is 10.6 Å². The van der Waals surface area contributed by atoms with Crippen LogP contribution >= 0.6 is 0 Å². The molecule has 2 N–H and O–H groups in total. The lowest BCUT2D eigenvalue weighted by Crippen LogP contribution is -2.48. The van der Waals surface area contributed by atoms with Gasteiger partial charge in [-0.3, -0.25) is 14.5 Å². The lowest BCUT2D eigenvalue weighted by molar-refractivity contribution is -0.125. The van der Waals surface area contributed by atoms with Crippen molar-refractivity contribution < 1.29 is 9.59 Å². The lowest BCUT2D eigenvalue weighted by Gasteiger charge is -2.25. The third-order valence-electron chi connectivity index (χ3n) is 4.56. The number of likely N-dealkylation sites (N-methyl/N-ethyl adjacent to an activating group) is 1. The second-order valence-corrected chi connectivity index (χ2v) is 8.02. The predicted octanol–water partition coefficient (Wildman–Crippen LogP) is 2.07. The Morgan fingerprint density at radius 1 is 1.08 bits per heavy atom. The topological polar surface area (TPSA) is 61.4 Å². The average Bonchev–Trinajstić information content (AvgIpc) is 3.32. The minimum absolute atomic E-state index is 0.0207. The Morgan fingerprint density at radius 2 is 1.68 bits per heavy atom. The minimum Gasteiger partial charge on any atom is -0.354 e. The molecule has 0 aliphatic heterocycles. The van der Waals surface area contributed by atoms with Gasteiger partial charge >= 0.3 is 0 Å². The number of hydrogen-bond donors (Lipinski definition) is 2. The number of carbonyl (C=O) groups is 2. The van der Waals surface area contributed by atoms with Crippen molar-refractivity contribution in [2.24, 2.45) is 0 Å². The summed E-state index contributed by atoms with van der Waals surface area (Å²) in [5.41, 5.74) is 1.15. The Bertz CT molecular complexity index is 589. The Labute approximate surface area is 151 Å². The third kappa shape index (κ3) is 6.16. The third-order valence-corrected chi connectivity index (χ3v) is 4.56. The van der Waals surface area contributed by atoms with Gasteiger partial charge in [0.1, 0.15) is 0 Å². The van der Waals surface area contributed by atoms with Gasteiger partial charge in [0.15, 0.2) is 0 Å². The molecule has 0 unspecified atom stereocenters. The van der Waals surface area contributed by atoms with E-state index in [4.69, 9.17) is 0 Å². The number of carbonyl (C=O) groups excluding carboxylic acids is 2. The zero-order valence-electron chi connectivity index (χ0n) is 15.9. The van der Waals surface area contributed by atoms with Gasteiger partial charge in [-0.05, 0) is 45.7 Å². The highest BCUT2D eigenvalue weighted by Gasteiger charge is 2.44. The normalized spacial score (nSPS) is 15.7. The van der Waals surface area contributed by atoms with E-state index < -0.39 is 0 Å². The Balaban J connectivity index is 1.80. The van der Waals surface area contributed by atoms with Crippen molar-refractivity contribution in [1.29, 1.82) is 0 Å². The number of benzene rings is 1. The largest absolute Gasteiger partial charge is 0.354 e. The van der Waals surface area contributed by atoms with Crippen LogP contribution in [0.1, 0.15) is 46.1 Å². The zero-order valence-corrected chi connectivity index (χ0v) is 15.9. The summed E-state index contributed by atoms with van der Waals surface area (Å²) < 4.78 is 0. The Kier molecular flexibility index (Phi) is 6.22. The first-order valence-corrected chi connectivity index (χ1v) is 9.10. The molecule has 1 aliphatic carbocycles. The molecule has 25 heavy (non-hydrogen) atoms. The van der Waals surface area contributed by atoms with E-state index in [1.807, 2.05) is 50.8 Å². The molecule has 0 aromatic heterocycles. The van der Waals surface area contributed by atoms with Crippen LogP contribution in [0.25, 0.3) is 0 Å². The summed E-state index contributed by atoms with van der Waals surface area (Å²) in [7, 11) is 0. The summed E-state index contributed by atoms with van der Waals surface area (Å²) in [6.45, 7) is 9.63. The van der Waals surface area contributed by atoms with Crippen LogP contribution in [0.3, 0.4) is 0 Å². The Morgan fingerprint density at radius 3 is 2.20 bits per heavy atom. The Hall–Kier alpha value is -1.88. The molecule has 1 aliphatic rings. The molecule has 0 atom stereocenters. The molecule has 0 heterocycles. The van der Waals surface area contributed by atoms with Crippen LogP contribution in [0.4, 0.5) is 0 Å². The lowest BCUT2D eigenvalue weighted by atomic mass is 9.96. The van der Waals surface area contributed by atoms with Gasteiger partial charge < -0.3 is 10.6 Å². The fourth-order valence-corrected chi connectivity index (χ4v) is 2.98. The maximum Gasteiger partial charge on any atom is 0.234 e. The summed E-state index contributed by atoms with van der Waals surface area (Å²) in [4.78, 5) is 26.2. The van der Waals surface area contributed by atoms with Crippen LogP contribution in [-0.4, -0.2) is 48.4 Å². The van der Waals surface area contributed by atoms with E-state index in [0.717, 1.165) is 12.8 Å². The SMILES string of the molecule is CCN(CC(=O)NCC1(c2ccccc2)CC1)CC(=O)NC(C)(C)C. The first kappa shape index (κ1) is 19.4. The van der Waals surface area contributed by atoms with Gasteiger partial charge in [-0.15, -0.1) is 0 Å². The van der Waals surface area contributed by atoms with Crippen molar-refractivity contribution in [3.05, 3.63) is 35.9 Å². The van der Waals surface area contributed by atoms with Gasteiger partial charge in [0.2, 0.25) is 11.8 Å². The van der Waals surface area contributed by atoms with Crippen molar-refractivity contribution in [1.82, 2.24) is 15.5 Å². The fraction of sp³-hybridized carbons (Fsp3) is 0.600. The number of nitrogens with one attached hydrogen (secondary N) is 2. The number of nitrogens with zero attached hydrogens (tertiary/aromatic N) is 1. The van der Waals surface area contributed by atoms with Gasteiger partial charge in [-0.1, -0.05) is 37.3 Å². The molecule has 1 aromatic carbocycles. The quantitative estimate of drug-likeness (QED) is 0.758. The highest BCUT2D eigenvalue weighted by Crippen LogP contribution is 2.47. The van der Waals surface area contributed by atoms with E-state index in [1.165, 1.54) is 5.56 Å². The summed E-state index contributed by atoms with van der Waals surface area (Å²) in [5, 5.41) is 5.99. The smallest absolute Gasteiger partial charge is 0.234 e. The number of hydrogen-bond acceptors (Lipinski definition) is 3. The maximum absolute atomic E-state index is 12.3. The predicted molar refractivity (Wildman–Crippen MR) is 100 cm³/mol. The van der Waals surface area contributed by atoms with Crippen molar-refractivity contribution in [3.63, 3.8) is 0 Å². The molecule has 0 radical (unpaired) electrons. The van der Waals surface area contributed by atoms with Crippen LogP contribution in [0.2, 0.25) is 0 Å². The van der Waals surface area contributed by atoms with Crippen LogP contribution in [0.5, 0.6) is 0 Å². The van der Waals surface area contributed by atoms with E-state index in [-0.39, 0.29) is 35.9 Å². The molecule has 0 spiro atoms. The van der Waals surface area contributed by atoms with Crippen molar-refractivity contribution in [2.75, 3.05) is 26.2 Å². The first-order chi connectivity index (χ1) is 11.7. The first-order valence-electron chi connectivity index (χ1n) is 9.10. The zero-order chi connectivity index (χ0) is 18.5. The molecular formula is C20H31N3O2. The molecule has 0 saturated heterocycles. The van der Waals surface area contributed by atoms with Gasteiger partial charge in [0, 0.05) is 17.5 Å². The van der Waals surface area contributed by atoms with Gasteiger partial charge in [0.05, 0.1) is 13.1 Å². The van der Waals surface area contributed by atoms with E-state index in [0.29, 0.717) is 13.1 Å². The summed E-state index contributed by atoms with van der Waals surface area (Å²) in [5.74, 6) is -0.0716. The monoisotopic (exact) mass is 345 g/mol. The molecule has 1 fully saturated rings. The molecule has 5 nitrogen and oxygen atoms in total. The standard InChI is InChI=1S/C20H31N3O2/c1-5-23(14-18(25)22-19(2,3)4)13-17(24)21-15-20(11-12-20)16-9-7-6-8-10-16/h6-10H,5,11-15H2,1-4H3,(H,21,24)(H,22,25). The van der Waals surface area contributed by atoms with Crippen molar-refractivity contribution in [2.45, 2.75) is 51.5 Å². The highest BCUT2D eigenvalue weighted by atomic mass is 16.2. The summed E-state index contributed by atoms with van der Waals surface area (Å²) >= 11 is 0. The molecular weight excluding hydrogens is 314 g/mol. The molecule has 138 valence electrons. The maximum atomic E-state index is 12.3. The van der Waals surface area contributed by atoms with Crippen LogP contribution in [0, 0.1) is 0 Å². The van der Waals surface area contributed by atoms with Crippen LogP contribution in [0.15, 0.2) is 30.3 Å². The minimum atomic E-state index is -0.257. The molecule has 0 bridgehead atoms. The number of rotatable bonds is 8. The molecule has 1 saturated carbocycles. The van der Waals surface area contributed by atoms with Crippen molar-refractivity contribution in [3.8, 4) is 0 Å². The molecule has 2 rings (SSSR count). The van der Waals surface area contributed by atoms with E-state index in [2.05, 4.69) is 22.8 Å². The average molecular weight is 345 g/mol. The molecule has 2 amide bonds. The second-order valence-electron chi connectivity index (χ2n) is 8.02. The fourth-order valence-electron chi connectivity index (χ4n) is 2.98. The highest BCUT2D eigenvalue weighted by molar-refractivity contribution is 5.81. The van der Waals surface area contributed by atoms with E-state index in [1.54, 1.807) is 0 Å². The number of amides is 2. The van der Waals surface area contributed by atoms with E-state index in [9.17, 15) is 9.59 Å². The second kappa shape index (κ2) is 8.00. The molecule has 1 aromatic rings. The van der Waals surface area contributed by atoms with E-state index >= 15 is 0 Å². The molecule has 5 heteroatoms. The summed E-state index contributed by atoms with van der Waals surface area (Å²) in [6.07, 6.45) is 2.23. The van der Waals surface area contributed by atoms with Gasteiger partial charge in [-0.2, -0.15) is 0 Å². The van der Waals surface area contributed by atoms with Crippen molar-refractivity contribution >= 4 is 11.8 Å². The van der Waals surface area contributed by atoms with Gasteiger partial charge in [-0.25, -0.2) is 0 Å². The van der Waals surface area contributed by atoms with Crippen LogP contribution in [-0.2, 0) is 15.0 Å². The van der Waals surface area contributed by atoms with Gasteiger partial charge in [0.25, 0.3) is 0 Å². The summed E-state index contributed by atoms with van der Waals surface area (Å²) in [6, 6.07) is 10.4.